The highest BCUT2D eigenvalue weighted by molar-refractivity contribution is 7.53. The van der Waals surface area contributed by atoms with Crippen molar-refractivity contribution in [1.82, 2.24) is 0 Å². The largest absolute Gasteiger partial charge is 0.395 e. The predicted octanol–water partition coefficient (Wildman–Crippen LogP) is 6.42. The first-order valence-corrected chi connectivity index (χ1v) is 21.9. The van der Waals surface area contributed by atoms with Gasteiger partial charge in [-0.25, -0.2) is 4.31 Å². The molecule has 0 amide bonds. The summed E-state index contributed by atoms with van der Waals surface area (Å²) in [5, 5.41) is 64.2. The van der Waals surface area contributed by atoms with Crippen molar-refractivity contribution < 1.29 is 59.3 Å². The smallest absolute Gasteiger partial charge is 0.334 e. The molecule has 0 saturated carbocycles. The van der Waals surface area contributed by atoms with Crippen molar-refractivity contribution in [2.75, 3.05) is 39.6 Å². The molecule has 0 radical (unpaired) electrons. The molecular formula is C40H70O12P2. The number of hydrogen-bond acceptors (Lipinski definition) is 12. The van der Waals surface area contributed by atoms with Crippen LogP contribution in [0.4, 0.5) is 0 Å². The lowest BCUT2D eigenvalue weighted by atomic mass is 9.75. The molecule has 0 heterocycles. The van der Waals surface area contributed by atoms with Crippen molar-refractivity contribution >= 4 is 17.2 Å². The highest BCUT2D eigenvalue weighted by Crippen LogP contribution is 2.48. The van der Waals surface area contributed by atoms with E-state index in [4.69, 9.17) is 24.3 Å². The highest BCUT2D eigenvalue weighted by Gasteiger charge is 2.47. The van der Waals surface area contributed by atoms with Crippen LogP contribution in [-0.2, 0) is 21.9 Å². The molecule has 0 fully saturated rings. The van der Waals surface area contributed by atoms with Crippen molar-refractivity contribution in [3.63, 3.8) is 0 Å². The molecule has 2 aromatic rings. The lowest BCUT2D eigenvalue weighted by Gasteiger charge is -2.44. The summed E-state index contributed by atoms with van der Waals surface area (Å²) in [6.07, 6.45) is 15.9. The number of aliphatic hydroxyl groups excluding tert-OH is 6. The average Bonchev–Trinajstić information content (AvgIpc) is 3.18. The lowest BCUT2D eigenvalue weighted by molar-refractivity contribution is -0.193. The Morgan fingerprint density at radius 2 is 0.759 bits per heavy atom. The van der Waals surface area contributed by atoms with Crippen LogP contribution in [0.2, 0.25) is 0 Å². The van der Waals surface area contributed by atoms with Crippen LogP contribution in [0.1, 0.15) is 138 Å². The van der Waals surface area contributed by atoms with Gasteiger partial charge in [-0.1, -0.05) is 139 Å². The second-order valence-corrected chi connectivity index (χ2v) is 16.0. The number of aryl methyl sites for hydroxylation is 2. The second-order valence-electron chi connectivity index (χ2n) is 14.3. The molecule has 0 aromatic heterocycles. The molecule has 54 heavy (non-hydrogen) atoms. The lowest BCUT2D eigenvalue weighted by Crippen LogP contribution is -2.47. The van der Waals surface area contributed by atoms with Crippen LogP contribution in [0, 0.1) is 10.8 Å². The Hall–Kier alpha value is -1.18. The molecule has 10 N–H and O–H groups in total. The average molecular weight is 805 g/mol. The number of aliphatic hydroxyl groups is 6. The zero-order valence-electron chi connectivity index (χ0n) is 32.5. The summed E-state index contributed by atoms with van der Waals surface area (Å²) in [4.78, 5) is 31.3. The molecule has 312 valence electrons. The van der Waals surface area contributed by atoms with Crippen molar-refractivity contribution in [2.45, 2.75) is 129 Å². The van der Waals surface area contributed by atoms with Crippen LogP contribution >= 0.6 is 17.2 Å². The maximum atomic E-state index is 10.7. The Morgan fingerprint density at radius 3 is 1.04 bits per heavy atom. The van der Waals surface area contributed by atoms with Crippen molar-refractivity contribution in [3.8, 4) is 0 Å². The summed E-state index contributed by atoms with van der Waals surface area (Å²) < 4.78 is 10.6. The van der Waals surface area contributed by atoms with E-state index in [1.807, 2.05) is 48.5 Å². The van der Waals surface area contributed by atoms with Gasteiger partial charge in [0.15, 0.2) is 0 Å². The van der Waals surface area contributed by atoms with Gasteiger partial charge in [0, 0.05) is 0 Å². The van der Waals surface area contributed by atoms with Crippen LogP contribution in [0.3, 0.4) is 0 Å². The fourth-order valence-corrected chi connectivity index (χ4v) is 7.20. The van der Waals surface area contributed by atoms with E-state index in [1.165, 1.54) is 64.2 Å². The van der Waals surface area contributed by atoms with Gasteiger partial charge in [-0.3, -0.25) is 0 Å². The summed E-state index contributed by atoms with van der Waals surface area (Å²) in [5.74, 6) is 0. The maximum Gasteiger partial charge on any atom is 0.334 e. The quantitative estimate of drug-likeness (QED) is 0.0305. The fourth-order valence-electron chi connectivity index (χ4n) is 6.67. The third-order valence-electron chi connectivity index (χ3n) is 10.2. The zero-order valence-corrected chi connectivity index (χ0v) is 34.3. The Balaban J connectivity index is 0.00000189. The van der Waals surface area contributed by atoms with Crippen LogP contribution in [0.25, 0.3) is 0 Å². The van der Waals surface area contributed by atoms with Gasteiger partial charge in [0.05, 0.1) is 62.7 Å². The molecule has 0 aliphatic rings. The molecule has 2 atom stereocenters. The number of unbranched alkanes of at least 4 members (excludes halogenated alkanes) is 12. The van der Waals surface area contributed by atoms with Gasteiger partial charge < -0.3 is 54.9 Å². The van der Waals surface area contributed by atoms with Gasteiger partial charge in [-0.15, -0.1) is 0 Å². The predicted molar refractivity (Wildman–Crippen MR) is 214 cm³/mol. The third-order valence-corrected chi connectivity index (χ3v) is 11.4. The molecule has 2 rings (SSSR count). The minimum Gasteiger partial charge on any atom is -0.395 e. The Labute approximate surface area is 325 Å². The minimum atomic E-state index is -2.61. The summed E-state index contributed by atoms with van der Waals surface area (Å²) in [6, 6.07) is 15.6. The summed E-state index contributed by atoms with van der Waals surface area (Å²) in [7, 11) is -5.22. The summed E-state index contributed by atoms with van der Waals surface area (Å²) in [6.45, 7) is 1.14. The van der Waals surface area contributed by atoms with Crippen LogP contribution in [0.15, 0.2) is 48.5 Å². The molecule has 14 heteroatoms. The molecule has 0 aliphatic carbocycles. The number of hydrogen-bond donors (Lipinski definition) is 10. The fraction of sp³-hybridized carbons (Fsp3) is 0.700. The van der Waals surface area contributed by atoms with E-state index in [0.717, 1.165) is 60.8 Å². The number of benzene rings is 2. The van der Waals surface area contributed by atoms with E-state index in [-0.39, 0.29) is 0 Å². The molecule has 0 spiro atoms. The van der Waals surface area contributed by atoms with E-state index in [2.05, 4.69) is 18.2 Å². The van der Waals surface area contributed by atoms with Crippen molar-refractivity contribution in [3.05, 3.63) is 70.8 Å². The van der Waals surface area contributed by atoms with E-state index in [1.54, 1.807) is 0 Å². The van der Waals surface area contributed by atoms with E-state index in [9.17, 15) is 30.6 Å². The first kappa shape index (κ1) is 50.8. The molecule has 0 aliphatic heterocycles. The van der Waals surface area contributed by atoms with E-state index >= 15 is 0 Å². The number of rotatable bonds is 30. The Morgan fingerprint density at radius 1 is 0.463 bits per heavy atom. The summed E-state index contributed by atoms with van der Waals surface area (Å²) in [5.41, 5.74) is 0.565. The zero-order chi connectivity index (χ0) is 40.2. The van der Waals surface area contributed by atoms with Crippen molar-refractivity contribution in [1.29, 1.82) is 0 Å². The normalized spacial score (nSPS) is 13.3. The SMILES string of the molecule is CCCCCCCCCc1ccccc1C(OC(c1ccccc1CCCCCCCCC)C(CO)(CO)CO)C(CO)(CO)CO.OP(O)OP(O)O. The van der Waals surface area contributed by atoms with Crippen LogP contribution in [-0.4, -0.2) is 89.9 Å². The van der Waals surface area contributed by atoms with E-state index < -0.39 is 79.9 Å². The van der Waals surface area contributed by atoms with Gasteiger partial charge in [0.2, 0.25) is 0 Å². The van der Waals surface area contributed by atoms with Gasteiger partial charge in [0.25, 0.3) is 0 Å². The maximum absolute atomic E-state index is 10.7. The monoisotopic (exact) mass is 804 g/mol. The Bertz CT molecular complexity index is 1090. The molecule has 2 aromatic carbocycles. The standard InChI is InChI=1S/C40H66O7.H4O5P2/c1-3-5-7-9-11-13-15-21-33-23-17-19-25-35(33)37(39(27-41,28-42)29-43)47-38(40(30-44,31-45)32-46)36-26-20-18-24-34(36)22-16-14-12-10-8-6-4-2;1-6(2)5-7(3)4/h17-20,23-26,37-38,41-46H,3-16,21-22,27-32H2,1-2H3;1-4H. The topological polar surface area (TPSA) is 221 Å². The minimum absolute atomic E-state index is 0.548. The van der Waals surface area contributed by atoms with Crippen LogP contribution in [0.5, 0.6) is 0 Å². The molecule has 2 unspecified atom stereocenters. The number of ether oxygens (including phenoxy) is 1. The molecule has 0 bridgehead atoms. The highest BCUT2D eigenvalue weighted by atomic mass is 31.2. The third kappa shape index (κ3) is 17.5. The van der Waals surface area contributed by atoms with Crippen LogP contribution < -0.4 is 0 Å². The van der Waals surface area contributed by atoms with Gasteiger partial charge >= 0.3 is 17.2 Å². The molecular weight excluding hydrogens is 734 g/mol. The van der Waals surface area contributed by atoms with Gasteiger partial charge in [0.1, 0.15) is 0 Å². The van der Waals surface area contributed by atoms with Gasteiger partial charge in [-0.2, -0.15) is 0 Å². The Kier molecular flexibility index (Phi) is 28.2. The molecule has 0 saturated heterocycles. The molecule has 12 nitrogen and oxygen atoms in total. The first-order chi connectivity index (χ1) is 26.1. The van der Waals surface area contributed by atoms with Gasteiger partial charge in [-0.05, 0) is 47.9 Å². The first-order valence-electron chi connectivity index (χ1n) is 19.6. The van der Waals surface area contributed by atoms with E-state index in [0.29, 0.717) is 0 Å². The summed E-state index contributed by atoms with van der Waals surface area (Å²) >= 11 is 0. The van der Waals surface area contributed by atoms with Crippen molar-refractivity contribution in [2.24, 2.45) is 10.8 Å². The second kappa shape index (κ2) is 30.0.